The van der Waals surface area contributed by atoms with Gasteiger partial charge in [0.25, 0.3) is 5.91 Å². The number of hydrogen-bond acceptors (Lipinski definition) is 3. The molecule has 0 saturated carbocycles. The molecule has 0 aromatic heterocycles. The number of unbranched alkanes of at least 4 members (excludes halogenated alkanes) is 1. The van der Waals surface area contributed by atoms with E-state index in [2.05, 4.69) is 0 Å². The van der Waals surface area contributed by atoms with Crippen molar-refractivity contribution in [1.29, 1.82) is 5.26 Å². The maximum atomic E-state index is 11.7. The lowest BCUT2D eigenvalue weighted by atomic mass is 10.0. The van der Waals surface area contributed by atoms with Crippen LogP contribution in [0.4, 0.5) is 0 Å². The normalized spacial score (nSPS) is 17.0. The molecule has 0 N–H and O–H groups in total. The van der Waals surface area contributed by atoms with E-state index in [9.17, 15) is 9.59 Å². The minimum atomic E-state index is -0.431. The first-order valence-electron chi connectivity index (χ1n) is 5.06. The van der Waals surface area contributed by atoms with Gasteiger partial charge in [0.05, 0.1) is 0 Å². The molecule has 1 rings (SSSR count). The Balaban J connectivity index is 2.90. The molecule has 0 saturated heterocycles. The van der Waals surface area contributed by atoms with Crippen LogP contribution < -0.4 is 0 Å². The van der Waals surface area contributed by atoms with Gasteiger partial charge in [0.2, 0.25) is 5.91 Å². The van der Waals surface area contributed by atoms with E-state index in [-0.39, 0.29) is 17.9 Å². The van der Waals surface area contributed by atoms with Gasteiger partial charge in [-0.25, -0.2) is 0 Å². The van der Waals surface area contributed by atoms with E-state index in [0.717, 1.165) is 12.8 Å². The van der Waals surface area contributed by atoms with E-state index in [4.69, 9.17) is 5.26 Å². The number of nitrogens with zero attached hydrogens (tertiary/aromatic N) is 2. The van der Waals surface area contributed by atoms with Crippen LogP contribution in [0.5, 0.6) is 0 Å². The van der Waals surface area contributed by atoms with E-state index >= 15 is 0 Å². The summed E-state index contributed by atoms with van der Waals surface area (Å²) in [6.45, 7) is 4.07. The molecule has 1 aliphatic heterocycles. The fourth-order valence-corrected chi connectivity index (χ4v) is 1.53. The van der Waals surface area contributed by atoms with Gasteiger partial charge in [-0.15, -0.1) is 0 Å². The Morgan fingerprint density at radius 3 is 2.67 bits per heavy atom. The predicted octanol–water partition coefficient (Wildman–Crippen LogP) is 1.39. The van der Waals surface area contributed by atoms with Gasteiger partial charge in [-0.1, -0.05) is 13.3 Å². The Morgan fingerprint density at radius 2 is 2.13 bits per heavy atom. The lowest BCUT2D eigenvalue weighted by molar-refractivity contribution is -0.143. The Bertz CT molecular complexity index is 363. The number of imide groups is 1. The molecule has 1 heterocycles. The third-order valence-corrected chi connectivity index (χ3v) is 2.45. The lowest BCUT2D eigenvalue weighted by Crippen LogP contribution is -2.41. The zero-order chi connectivity index (χ0) is 11.4. The summed E-state index contributed by atoms with van der Waals surface area (Å²) < 4.78 is 0. The van der Waals surface area contributed by atoms with Crippen LogP contribution in [-0.4, -0.2) is 23.3 Å². The van der Waals surface area contributed by atoms with Gasteiger partial charge in [-0.3, -0.25) is 14.5 Å². The molecular formula is C11H14N2O2. The second kappa shape index (κ2) is 4.74. The first kappa shape index (κ1) is 11.4. The number of rotatable bonds is 3. The monoisotopic (exact) mass is 206 g/mol. The van der Waals surface area contributed by atoms with Crippen LogP contribution in [-0.2, 0) is 9.59 Å². The molecule has 4 heteroatoms. The minimum absolute atomic E-state index is 0.130. The van der Waals surface area contributed by atoms with Crippen LogP contribution in [0.15, 0.2) is 11.1 Å². The van der Waals surface area contributed by atoms with Crippen molar-refractivity contribution in [2.75, 3.05) is 6.54 Å². The van der Waals surface area contributed by atoms with Crippen molar-refractivity contribution in [3.63, 3.8) is 0 Å². The highest BCUT2D eigenvalue weighted by atomic mass is 16.2. The van der Waals surface area contributed by atoms with Crippen LogP contribution in [0.2, 0.25) is 0 Å². The van der Waals surface area contributed by atoms with Crippen molar-refractivity contribution < 1.29 is 9.59 Å². The smallest absolute Gasteiger partial charge is 0.271 e. The highest BCUT2D eigenvalue weighted by Gasteiger charge is 2.30. The predicted molar refractivity (Wildman–Crippen MR) is 54.6 cm³/mol. The van der Waals surface area contributed by atoms with Crippen LogP contribution >= 0.6 is 0 Å². The Morgan fingerprint density at radius 1 is 1.47 bits per heavy atom. The molecular weight excluding hydrogens is 192 g/mol. The molecule has 15 heavy (non-hydrogen) atoms. The SMILES string of the molecule is CCCCN1C(=O)CC(C)=C(C#N)C1=O. The summed E-state index contributed by atoms with van der Waals surface area (Å²) in [5.41, 5.74) is 0.714. The standard InChI is InChI=1S/C11H14N2O2/c1-3-4-5-13-10(14)6-8(2)9(7-12)11(13)15/h3-6H2,1-2H3. The van der Waals surface area contributed by atoms with Crippen LogP contribution in [0.1, 0.15) is 33.1 Å². The molecule has 0 atom stereocenters. The molecule has 1 aliphatic rings. The largest absolute Gasteiger partial charge is 0.278 e. The molecule has 4 nitrogen and oxygen atoms in total. The molecule has 0 bridgehead atoms. The first-order valence-corrected chi connectivity index (χ1v) is 5.06. The summed E-state index contributed by atoms with van der Waals surface area (Å²) in [6.07, 6.45) is 1.90. The van der Waals surface area contributed by atoms with E-state index < -0.39 is 5.91 Å². The molecule has 0 radical (unpaired) electrons. The molecule has 0 aliphatic carbocycles. The summed E-state index contributed by atoms with van der Waals surface area (Å²) in [5, 5.41) is 8.79. The highest BCUT2D eigenvalue weighted by Crippen LogP contribution is 2.19. The molecule has 0 spiro atoms. The Labute approximate surface area is 89.2 Å². The van der Waals surface area contributed by atoms with Gasteiger partial charge >= 0.3 is 0 Å². The highest BCUT2D eigenvalue weighted by molar-refractivity contribution is 6.10. The van der Waals surface area contributed by atoms with E-state index in [0.29, 0.717) is 12.1 Å². The summed E-state index contributed by atoms with van der Waals surface area (Å²) >= 11 is 0. The van der Waals surface area contributed by atoms with Crippen LogP contribution in [0.3, 0.4) is 0 Å². The number of nitriles is 1. The summed E-state index contributed by atoms with van der Waals surface area (Å²) in [6, 6.07) is 1.87. The van der Waals surface area contributed by atoms with Gasteiger partial charge in [0.15, 0.2) is 0 Å². The van der Waals surface area contributed by atoms with E-state index in [1.54, 1.807) is 6.92 Å². The number of carbonyl (C=O) groups excluding carboxylic acids is 2. The van der Waals surface area contributed by atoms with Gasteiger partial charge < -0.3 is 0 Å². The van der Waals surface area contributed by atoms with Gasteiger partial charge in [0, 0.05) is 13.0 Å². The zero-order valence-electron chi connectivity index (χ0n) is 9.04. The van der Waals surface area contributed by atoms with Gasteiger partial charge in [-0.05, 0) is 18.9 Å². The molecule has 80 valence electrons. The molecule has 0 aromatic rings. The van der Waals surface area contributed by atoms with Crippen molar-refractivity contribution in [2.45, 2.75) is 33.1 Å². The number of amides is 2. The van der Waals surface area contributed by atoms with Crippen molar-refractivity contribution in [2.24, 2.45) is 0 Å². The van der Waals surface area contributed by atoms with Crippen molar-refractivity contribution in [1.82, 2.24) is 4.90 Å². The van der Waals surface area contributed by atoms with Crippen LogP contribution in [0, 0.1) is 11.3 Å². The summed E-state index contributed by atoms with van der Waals surface area (Å²) in [5.74, 6) is -0.621. The minimum Gasteiger partial charge on any atom is -0.278 e. The molecule has 0 aromatic carbocycles. The van der Waals surface area contributed by atoms with Crippen LogP contribution in [0.25, 0.3) is 0 Å². The third-order valence-electron chi connectivity index (χ3n) is 2.45. The van der Waals surface area contributed by atoms with Crippen molar-refractivity contribution in [3.8, 4) is 6.07 Å². The second-order valence-electron chi connectivity index (χ2n) is 3.65. The lowest BCUT2D eigenvalue weighted by Gasteiger charge is -2.25. The Hall–Kier alpha value is -1.63. The maximum Gasteiger partial charge on any atom is 0.271 e. The zero-order valence-corrected chi connectivity index (χ0v) is 9.04. The second-order valence-corrected chi connectivity index (χ2v) is 3.65. The quantitative estimate of drug-likeness (QED) is 0.655. The van der Waals surface area contributed by atoms with E-state index in [1.807, 2.05) is 13.0 Å². The van der Waals surface area contributed by atoms with Gasteiger partial charge in [0.1, 0.15) is 11.6 Å². The molecule has 2 amide bonds. The third kappa shape index (κ3) is 2.24. The maximum absolute atomic E-state index is 11.7. The first-order chi connectivity index (χ1) is 7.11. The average molecular weight is 206 g/mol. The Kier molecular flexibility index (Phi) is 3.62. The average Bonchev–Trinajstić information content (AvgIpc) is 2.17. The number of hydrogen-bond donors (Lipinski definition) is 0. The summed E-state index contributed by atoms with van der Waals surface area (Å²) in [7, 11) is 0. The number of carbonyl (C=O) groups is 2. The van der Waals surface area contributed by atoms with Gasteiger partial charge in [-0.2, -0.15) is 5.26 Å². The van der Waals surface area contributed by atoms with Crippen molar-refractivity contribution in [3.05, 3.63) is 11.1 Å². The topological polar surface area (TPSA) is 61.2 Å². The van der Waals surface area contributed by atoms with Crippen molar-refractivity contribution >= 4 is 11.8 Å². The molecule has 0 fully saturated rings. The molecule has 0 unspecified atom stereocenters. The van der Waals surface area contributed by atoms with E-state index in [1.165, 1.54) is 4.90 Å². The fourth-order valence-electron chi connectivity index (χ4n) is 1.53. The fraction of sp³-hybridized carbons (Fsp3) is 0.545. The summed E-state index contributed by atoms with van der Waals surface area (Å²) in [4.78, 5) is 24.4.